The Labute approximate surface area is 353 Å². The lowest BCUT2D eigenvalue weighted by molar-refractivity contribution is -0.309. The van der Waals surface area contributed by atoms with E-state index in [1.165, 1.54) is 14.2 Å². The van der Waals surface area contributed by atoms with Gasteiger partial charge in [-0.3, -0.25) is 4.55 Å². The van der Waals surface area contributed by atoms with E-state index < -0.39 is 137 Å². The van der Waals surface area contributed by atoms with Crippen LogP contribution >= 0.6 is 0 Å². The van der Waals surface area contributed by atoms with E-state index in [1.54, 1.807) is 0 Å². The van der Waals surface area contributed by atoms with Crippen molar-refractivity contribution in [2.24, 2.45) is 52.3 Å². The third kappa shape index (κ3) is 8.85. The van der Waals surface area contributed by atoms with Crippen molar-refractivity contribution in [1.29, 1.82) is 0 Å². The van der Waals surface area contributed by atoms with Crippen molar-refractivity contribution in [2.75, 3.05) is 34.0 Å². The first-order valence-corrected chi connectivity index (χ1v) is 23.1. The first kappa shape index (κ1) is 48.8. The molecule has 0 aromatic heterocycles. The molecule has 0 amide bonds. The summed E-state index contributed by atoms with van der Waals surface area (Å²) in [6.07, 6.45) is -11.2. The van der Waals surface area contributed by atoms with E-state index in [1.807, 2.05) is 20.8 Å². The van der Waals surface area contributed by atoms with Crippen LogP contribution in [-0.2, 0) is 43.0 Å². The standard InChI is InChI=1S/C41H72O18S/c1-19(2)21(12-15-55-38-35(30(45)24(17-42)57-38)58-37-34(54-7)31(46)25(53-6)18-56-37)9-8-20(3)27-32(47)33(48)36-40(27,5)14-11-26-39(4)13-10-22(43)29(44)28(39)23(16-41(26,36)49)59-60(50,51)52/h19-38,42-49H,8-18H2,1-7H3,(H,50,51,52)/t20-,21-,22+,23?,24?,25?,26?,27+,28?,29+,30?,31?,32-,33?,34?,35?,36?,37?,38?,39-,40-,41+/m1/s1. The van der Waals surface area contributed by atoms with Gasteiger partial charge in [0.15, 0.2) is 12.6 Å². The van der Waals surface area contributed by atoms with E-state index >= 15 is 0 Å². The van der Waals surface area contributed by atoms with Gasteiger partial charge in [-0.2, -0.15) is 8.42 Å². The molecule has 2 saturated heterocycles. The van der Waals surface area contributed by atoms with Crippen LogP contribution in [0.3, 0.4) is 0 Å². The van der Waals surface area contributed by atoms with Crippen LogP contribution in [0.1, 0.15) is 86.0 Å². The van der Waals surface area contributed by atoms with Gasteiger partial charge in [-0.25, -0.2) is 4.18 Å². The molecular weight excluding hydrogens is 812 g/mol. The molecule has 6 fully saturated rings. The van der Waals surface area contributed by atoms with Gasteiger partial charge in [-0.1, -0.05) is 41.0 Å². The smallest absolute Gasteiger partial charge is 0.394 e. The molecule has 2 heterocycles. The zero-order chi connectivity index (χ0) is 44.3. The summed E-state index contributed by atoms with van der Waals surface area (Å²) in [5.41, 5.74) is -3.42. The van der Waals surface area contributed by atoms with E-state index in [-0.39, 0.29) is 43.8 Å². The van der Waals surface area contributed by atoms with Gasteiger partial charge in [0.1, 0.15) is 36.6 Å². The van der Waals surface area contributed by atoms with E-state index in [0.717, 1.165) is 6.42 Å². The lowest BCUT2D eigenvalue weighted by Crippen LogP contribution is -2.71. The third-order valence-corrected chi connectivity index (χ3v) is 16.7. The highest BCUT2D eigenvalue weighted by molar-refractivity contribution is 7.80. The molecule has 4 saturated carbocycles. The van der Waals surface area contributed by atoms with E-state index in [4.69, 9.17) is 32.6 Å². The molecule has 4 aliphatic carbocycles. The summed E-state index contributed by atoms with van der Waals surface area (Å²) < 4.78 is 73.8. The highest BCUT2D eigenvalue weighted by Crippen LogP contribution is 2.70. The fourth-order valence-electron chi connectivity index (χ4n) is 13.3. The van der Waals surface area contributed by atoms with Crippen molar-refractivity contribution >= 4 is 10.4 Å². The van der Waals surface area contributed by atoms with Crippen LogP contribution in [-0.4, -0.2) is 173 Å². The minimum absolute atomic E-state index is 0.0243. The van der Waals surface area contributed by atoms with Crippen molar-refractivity contribution in [2.45, 2.75) is 171 Å². The molecule has 13 unspecified atom stereocenters. The Hall–Kier alpha value is -0.690. The lowest BCUT2D eigenvalue weighted by Gasteiger charge is -2.66. The Morgan fingerprint density at radius 2 is 1.48 bits per heavy atom. The van der Waals surface area contributed by atoms with Gasteiger partial charge < -0.3 is 69.3 Å². The van der Waals surface area contributed by atoms with Crippen LogP contribution in [0.15, 0.2) is 0 Å². The number of aliphatic hydroxyl groups excluding tert-OH is 7. The molecule has 0 spiro atoms. The molecule has 0 aromatic rings. The summed E-state index contributed by atoms with van der Waals surface area (Å²) in [6, 6.07) is 0. The van der Waals surface area contributed by atoms with Gasteiger partial charge in [-0.05, 0) is 78.9 Å². The predicted molar refractivity (Wildman–Crippen MR) is 210 cm³/mol. The fraction of sp³-hybridized carbons (Fsp3) is 1.00. The summed E-state index contributed by atoms with van der Waals surface area (Å²) in [5.74, 6) is -2.51. The number of rotatable bonds is 16. The molecule has 60 heavy (non-hydrogen) atoms. The van der Waals surface area contributed by atoms with Crippen LogP contribution in [0.5, 0.6) is 0 Å². The number of aliphatic hydroxyl groups is 8. The summed E-state index contributed by atoms with van der Waals surface area (Å²) >= 11 is 0. The first-order valence-electron chi connectivity index (χ1n) is 21.7. The van der Waals surface area contributed by atoms with Crippen molar-refractivity contribution in [3.63, 3.8) is 0 Å². The van der Waals surface area contributed by atoms with E-state index in [0.29, 0.717) is 32.1 Å². The second-order valence-corrected chi connectivity index (χ2v) is 20.7. The fourth-order valence-corrected chi connectivity index (χ4v) is 13.8. The topological polar surface area (TPSA) is 281 Å². The van der Waals surface area contributed by atoms with Gasteiger partial charge >= 0.3 is 10.4 Å². The maximum absolute atomic E-state index is 12.9. The van der Waals surface area contributed by atoms with Gasteiger partial charge in [0.2, 0.25) is 0 Å². The molecule has 6 rings (SSSR count). The molecular formula is C41H72O18S. The second kappa shape index (κ2) is 18.7. The molecule has 6 aliphatic rings. The predicted octanol–water partition coefficient (Wildman–Crippen LogP) is 0.137. The SMILES string of the molecule is COC1COC(OC2C(OCC[C@@H](CC[C@@H](C)[C@H]3[C@@H](O)C(O)C4[C@]5(O)CC(OS(=O)(=O)O)C6[C@@H](O)[C@@H](O)CC[C@]6(C)C5CC[C@@]43C)C(C)C)OC(CO)C2O)C(OC)C1O. The largest absolute Gasteiger partial charge is 0.397 e. The number of hydrogen-bond donors (Lipinski definition) is 9. The average molecular weight is 885 g/mol. The Bertz CT molecular complexity index is 1540. The first-order chi connectivity index (χ1) is 28.1. The van der Waals surface area contributed by atoms with Gasteiger partial charge in [0.25, 0.3) is 0 Å². The van der Waals surface area contributed by atoms with Crippen LogP contribution in [0, 0.1) is 52.3 Å². The minimum Gasteiger partial charge on any atom is -0.394 e. The zero-order valence-electron chi connectivity index (χ0n) is 35.9. The summed E-state index contributed by atoms with van der Waals surface area (Å²) in [4.78, 5) is 0. The Balaban J connectivity index is 1.12. The molecule has 2 aliphatic heterocycles. The maximum Gasteiger partial charge on any atom is 0.397 e. The number of ether oxygens (including phenoxy) is 6. The molecule has 350 valence electrons. The Morgan fingerprint density at radius 3 is 2.10 bits per heavy atom. The van der Waals surface area contributed by atoms with Gasteiger partial charge in [0.05, 0.1) is 55.9 Å². The number of methoxy groups -OCH3 is 2. The van der Waals surface area contributed by atoms with Crippen molar-refractivity contribution in [3.8, 4) is 0 Å². The van der Waals surface area contributed by atoms with Gasteiger partial charge in [0, 0.05) is 32.5 Å². The molecule has 0 bridgehead atoms. The quantitative estimate of drug-likeness (QED) is 0.0932. The van der Waals surface area contributed by atoms with Crippen LogP contribution in [0.25, 0.3) is 0 Å². The monoisotopic (exact) mass is 884 g/mol. The summed E-state index contributed by atoms with van der Waals surface area (Å²) in [6.45, 7) is 9.84. The Kier molecular flexibility index (Phi) is 15.2. The molecule has 0 aromatic carbocycles. The summed E-state index contributed by atoms with van der Waals surface area (Å²) in [5, 5.41) is 90.0. The molecule has 22 atom stereocenters. The van der Waals surface area contributed by atoms with Crippen LogP contribution in [0.2, 0.25) is 0 Å². The second-order valence-electron chi connectivity index (χ2n) is 19.7. The molecule has 19 heteroatoms. The highest BCUT2D eigenvalue weighted by Gasteiger charge is 2.74. The van der Waals surface area contributed by atoms with Gasteiger partial charge in [-0.15, -0.1) is 0 Å². The highest BCUT2D eigenvalue weighted by atomic mass is 32.3. The van der Waals surface area contributed by atoms with Crippen molar-refractivity contribution < 1.29 is 86.4 Å². The van der Waals surface area contributed by atoms with Crippen LogP contribution < -0.4 is 0 Å². The van der Waals surface area contributed by atoms with E-state index in [9.17, 15) is 53.8 Å². The third-order valence-electron chi connectivity index (χ3n) is 16.2. The molecule has 0 radical (unpaired) electrons. The average Bonchev–Trinajstić information content (AvgIpc) is 3.57. The van der Waals surface area contributed by atoms with Crippen LogP contribution in [0.4, 0.5) is 0 Å². The zero-order valence-corrected chi connectivity index (χ0v) is 36.7. The molecule has 18 nitrogen and oxygen atoms in total. The molecule has 9 N–H and O–H groups in total. The summed E-state index contributed by atoms with van der Waals surface area (Å²) in [7, 11) is -2.19. The Morgan fingerprint density at radius 1 is 0.800 bits per heavy atom. The van der Waals surface area contributed by atoms with Crippen molar-refractivity contribution in [3.05, 3.63) is 0 Å². The van der Waals surface area contributed by atoms with Crippen molar-refractivity contribution in [1.82, 2.24) is 0 Å². The number of fused-ring (bicyclic) bond motifs is 5. The lowest BCUT2D eigenvalue weighted by atomic mass is 9.41. The maximum atomic E-state index is 12.9. The minimum atomic E-state index is -5.03. The van der Waals surface area contributed by atoms with E-state index in [2.05, 4.69) is 13.8 Å². The normalized spacial score (nSPS) is 49.3. The number of hydrogen-bond acceptors (Lipinski definition) is 17.